The molecule has 1 unspecified atom stereocenters. The Balaban J connectivity index is 4.15. The van der Waals surface area contributed by atoms with Crippen LogP contribution >= 0.6 is 0 Å². The minimum absolute atomic E-state index is 0.581. The third kappa shape index (κ3) is 10.7. The van der Waals surface area contributed by atoms with Gasteiger partial charge < -0.3 is 10.6 Å². The molecule has 0 heterocycles. The predicted molar refractivity (Wildman–Crippen MR) is 101 cm³/mol. The van der Waals surface area contributed by atoms with Crippen molar-refractivity contribution in [2.24, 2.45) is 11.7 Å². The molecule has 0 radical (unpaired) electrons. The average Bonchev–Trinajstić information content (AvgIpc) is 2.53. The van der Waals surface area contributed by atoms with Crippen LogP contribution in [-0.4, -0.2) is 25.0 Å². The van der Waals surface area contributed by atoms with Crippen LogP contribution in [0, 0.1) is 5.92 Å². The van der Waals surface area contributed by atoms with Crippen LogP contribution in [0.25, 0.3) is 0 Å². The minimum Gasteiger partial charge on any atom is -0.375 e. The van der Waals surface area contributed by atoms with Crippen LogP contribution in [0.3, 0.4) is 0 Å². The van der Waals surface area contributed by atoms with Gasteiger partial charge >= 0.3 is 0 Å². The van der Waals surface area contributed by atoms with Gasteiger partial charge in [0.25, 0.3) is 0 Å². The molecular formula is C20H38N2. The first-order valence-electron chi connectivity index (χ1n) is 9.09. The number of allylic oxidation sites excluding steroid dienone is 3. The Morgan fingerprint density at radius 3 is 2.45 bits per heavy atom. The second kappa shape index (κ2) is 14.9. The van der Waals surface area contributed by atoms with Crippen molar-refractivity contribution < 1.29 is 0 Å². The lowest BCUT2D eigenvalue weighted by atomic mass is 9.94. The molecule has 1 atom stereocenters. The van der Waals surface area contributed by atoms with Crippen LogP contribution in [0.4, 0.5) is 0 Å². The van der Waals surface area contributed by atoms with E-state index < -0.39 is 0 Å². The summed E-state index contributed by atoms with van der Waals surface area (Å²) in [4.78, 5) is 2.31. The molecule has 0 bridgehead atoms. The van der Waals surface area contributed by atoms with Gasteiger partial charge in [-0.15, -0.1) is 0 Å². The monoisotopic (exact) mass is 306 g/mol. The van der Waals surface area contributed by atoms with Crippen molar-refractivity contribution in [2.75, 3.05) is 20.1 Å². The first-order chi connectivity index (χ1) is 10.7. The predicted octanol–water partition coefficient (Wildman–Crippen LogP) is 5.28. The van der Waals surface area contributed by atoms with Gasteiger partial charge in [0, 0.05) is 25.8 Å². The highest BCUT2D eigenvalue weighted by Gasteiger charge is 2.08. The van der Waals surface area contributed by atoms with Gasteiger partial charge in [-0.05, 0) is 24.5 Å². The second-order valence-corrected chi connectivity index (χ2v) is 6.15. The van der Waals surface area contributed by atoms with Gasteiger partial charge in [0.1, 0.15) is 0 Å². The Morgan fingerprint density at radius 2 is 1.86 bits per heavy atom. The van der Waals surface area contributed by atoms with E-state index in [1.807, 2.05) is 12.2 Å². The summed E-state index contributed by atoms with van der Waals surface area (Å²) < 4.78 is 0. The molecule has 0 aliphatic rings. The summed E-state index contributed by atoms with van der Waals surface area (Å²) in [6.45, 7) is 10.1. The van der Waals surface area contributed by atoms with Crippen LogP contribution in [0.5, 0.6) is 0 Å². The highest BCUT2D eigenvalue weighted by atomic mass is 15.1. The molecule has 0 saturated heterocycles. The average molecular weight is 307 g/mol. The van der Waals surface area contributed by atoms with E-state index in [-0.39, 0.29) is 0 Å². The number of hydrogen-bond donors (Lipinski definition) is 1. The maximum atomic E-state index is 5.55. The van der Waals surface area contributed by atoms with E-state index in [2.05, 4.69) is 44.5 Å². The standard InChI is InChI=1S/C20H38N2/c1-5-8-9-10-11-14-19(7-3)16-18-22(4)20(13-6-2)15-12-17-21/h6,12-13,15,19H,2,5,7-11,14,16-18,21H2,1,3-4H3/b15-12-,20-13+. The number of hydrogen-bond acceptors (Lipinski definition) is 2. The SMILES string of the molecule is C=C/C=C(\C=C/CN)N(C)CCC(CC)CCCCCCC. The van der Waals surface area contributed by atoms with Gasteiger partial charge in [0.05, 0.1) is 0 Å². The molecule has 0 aliphatic heterocycles. The van der Waals surface area contributed by atoms with Crippen molar-refractivity contribution in [3.05, 3.63) is 36.6 Å². The lowest BCUT2D eigenvalue weighted by molar-refractivity contribution is 0.337. The lowest BCUT2D eigenvalue weighted by Crippen LogP contribution is -2.20. The fourth-order valence-corrected chi connectivity index (χ4v) is 2.71. The zero-order chi connectivity index (χ0) is 16.6. The highest BCUT2D eigenvalue weighted by Crippen LogP contribution is 2.19. The van der Waals surface area contributed by atoms with Gasteiger partial charge in [0.2, 0.25) is 0 Å². The molecule has 0 aromatic carbocycles. The molecule has 0 aliphatic carbocycles. The number of likely N-dealkylation sites (N-methyl/N-ethyl adjacent to an activating group) is 1. The van der Waals surface area contributed by atoms with Crippen molar-refractivity contribution in [3.63, 3.8) is 0 Å². The van der Waals surface area contributed by atoms with Crippen molar-refractivity contribution in [1.82, 2.24) is 4.90 Å². The van der Waals surface area contributed by atoms with Crippen LogP contribution < -0.4 is 5.73 Å². The van der Waals surface area contributed by atoms with Crippen molar-refractivity contribution in [1.29, 1.82) is 0 Å². The van der Waals surface area contributed by atoms with E-state index in [4.69, 9.17) is 5.73 Å². The molecule has 0 aromatic heterocycles. The summed E-state index contributed by atoms with van der Waals surface area (Å²) in [6, 6.07) is 0. The van der Waals surface area contributed by atoms with Gasteiger partial charge in [-0.1, -0.05) is 77.5 Å². The minimum atomic E-state index is 0.581. The normalized spacial score (nSPS) is 13.5. The Morgan fingerprint density at radius 1 is 1.14 bits per heavy atom. The number of nitrogens with zero attached hydrogens (tertiary/aromatic N) is 1. The lowest BCUT2D eigenvalue weighted by Gasteiger charge is -2.23. The van der Waals surface area contributed by atoms with E-state index >= 15 is 0 Å². The third-order valence-corrected chi connectivity index (χ3v) is 4.32. The summed E-state index contributed by atoms with van der Waals surface area (Å²) in [7, 11) is 2.16. The molecule has 0 fully saturated rings. The fraction of sp³-hybridized carbons (Fsp3) is 0.700. The topological polar surface area (TPSA) is 29.3 Å². The molecule has 2 heteroatoms. The van der Waals surface area contributed by atoms with Gasteiger partial charge in [0.15, 0.2) is 0 Å². The van der Waals surface area contributed by atoms with E-state index in [9.17, 15) is 0 Å². The Labute approximate surface area is 139 Å². The van der Waals surface area contributed by atoms with Gasteiger partial charge in [-0.2, -0.15) is 0 Å². The first kappa shape index (κ1) is 21.0. The summed E-state index contributed by atoms with van der Waals surface area (Å²) in [6.07, 6.45) is 18.9. The summed E-state index contributed by atoms with van der Waals surface area (Å²) in [5.41, 5.74) is 6.74. The Hall–Kier alpha value is -1.02. The molecule has 2 N–H and O–H groups in total. The third-order valence-electron chi connectivity index (χ3n) is 4.32. The molecule has 0 spiro atoms. The van der Waals surface area contributed by atoms with Crippen molar-refractivity contribution >= 4 is 0 Å². The van der Waals surface area contributed by atoms with Crippen LogP contribution in [0.15, 0.2) is 36.6 Å². The summed E-state index contributed by atoms with van der Waals surface area (Å²) in [5, 5.41) is 0. The highest BCUT2D eigenvalue weighted by molar-refractivity contribution is 5.21. The van der Waals surface area contributed by atoms with Crippen LogP contribution in [0.1, 0.15) is 65.2 Å². The Kier molecular flexibility index (Phi) is 14.2. The van der Waals surface area contributed by atoms with Crippen LogP contribution in [-0.2, 0) is 0 Å². The molecule has 128 valence electrons. The number of rotatable bonds is 14. The summed E-state index contributed by atoms with van der Waals surface area (Å²) >= 11 is 0. The quantitative estimate of drug-likeness (QED) is 0.349. The number of nitrogens with two attached hydrogens (primary N) is 1. The zero-order valence-corrected chi connectivity index (χ0v) is 15.2. The smallest absolute Gasteiger partial charge is 0.0360 e. The molecule has 0 amide bonds. The maximum Gasteiger partial charge on any atom is 0.0360 e. The van der Waals surface area contributed by atoms with E-state index in [1.165, 1.54) is 57.1 Å². The van der Waals surface area contributed by atoms with E-state index in [0.29, 0.717) is 6.54 Å². The van der Waals surface area contributed by atoms with Crippen molar-refractivity contribution in [3.8, 4) is 0 Å². The van der Waals surface area contributed by atoms with Gasteiger partial charge in [-0.25, -0.2) is 0 Å². The molecule has 0 aromatic rings. The summed E-state index contributed by atoms with van der Waals surface area (Å²) in [5.74, 6) is 0.854. The van der Waals surface area contributed by atoms with E-state index in [1.54, 1.807) is 0 Å². The zero-order valence-electron chi connectivity index (χ0n) is 15.2. The first-order valence-corrected chi connectivity index (χ1v) is 9.09. The van der Waals surface area contributed by atoms with E-state index in [0.717, 1.165) is 12.5 Å². The van der Waals surface area contributed by atoms with Gasteiger partial charge in [-0.3, -0.25) is 0 Å². The number of unbranched alkanes of at least 4 members (excludes halogenated alkanes) is 4. The molecule has 2 nitrogen and oxygen atoms in total. The molecular weight excluding hydrogens is 268 g/mol. The maximum absolute atomic E-state index is 5.55. The van der Waals surface area contributed by atoms with Crippen molar-refractivity contribution in [2.45, 2.75) is 65.2 Å². The fourth-order valence-electron chi connectivity index (χ4n) is 2.71. The Bertz CT molecular complexity index is 318. The van der Waals surface area contributed by atoms with Crippen LogP contribution in [0.2, 0.25) is 0 Å². The molecule has 0 saturated carbocycles. The molecule has 22 heavy (non-hydrogen) atoms. The second-order valence-electron chi connectivity index (χ2n) is 6.15. The largest absolute Gasteiger partial charge is 0.375 e. The molecule has 0 rings (SSSR count).